The summed E-state index contributed by atoms with van der Waals surface area (Å²) in [6.45, 7) is 2.01. The molecule has 0 radical (unpaired) electrons. The molecule has 0 spiro atoms. The lowest BCUT2D eigenvalue weighted by Crippen LogP contribution is -2.14. The summed E-state index contributed by atoms with van der Waals surface area (Å²) in [4.78, 5) is 0. The maximum Gasteiger partial charge on any atom is 0.168 e. The van der Waals surface area contributed by atoms with E-state index in [1.165, 1.54) is 7.11 Å². The first kappa shape index (κ1) is 15.0. The number of nitrogens with two attached hydrogens (primary N) is 1. The number of hydrogen-bond donors (Lipinski definition) is 1. The number of benzene rings is 2. The lowest BCUT2D eigenvalue weighted by Gasteiger charge is -2.15. The van der Waals surface area contributed by atoms with Crippen LogP contribution in [-0.2, 0) is 6.42 Å². The Bertz CT molecular complexity index is 615. The van der Waals surface area contributed by atoms with Crippen molar-refractivity contribution in [1.29, 1.82) is 0 Å². The Morgan fingerprint density at radius 2 is 2.05 bits per heavy atom. The van der Waals surface area contributed by atoms with E-state index in [0.29, 0.717) is 12.0 Å². The van der Waals surface area contributed by atoms with Crippen LogP contribution in [0.25, 0.3) is 0 Å². The monoisotopic (exact) mass is 337 g/mol. The van der Waals surface area contributed by atoms with Crippen LogP contribution in [0.15, 0.2) is 40.9 Å². The van der Waals surface area contributed by atoms with Crippen molar-refractivity contribution in [2.75, 3.05) is 7.11 Å². The molecule has 0 amide bonds. The van der Waals surface area contributed by atoms with E-state index in [0.717, 1.165) is 15.6 Å². The van der Waals surface area contributed by atoms with E-state index < -0.39 is 0 Å². The van der Waals surface area contributed by atoms with Crippen LogP contribution in [-0.4, -0.2) is 7.11 Å². The van der Waals surface area contributed by atoms with E-state index in [1.807, 2.05) is 25.1 Å². The van der Waals surface area contributed by atoms with Crippen LogP contribution in [0.5, 0.6) is 5.75 Å². The minimum Gasteiger partial charge on any atom is -0.494 e. The van der Waals surface area contributed by atoms with Crippen LogP contribution in [0.4, 0.5) is 4.39 Å². The molecule has 0 saturated carbocycles. The first-order chi connectivity index (χ1) is 9.52. The Balaban J connectivity index is 2.23. The number of methoxy groups -OCH3 is 1. The van der Waals surface area contributed by atoms with Crippen molar-refractivity contribution in [2.45, 2.75) is 19.4 Å². The van der Waals surface area contributed by atoms with Gasteiger partial charge in [0, 0.05) is 10.5 Å². The molecule has 1 unspecified atom stereocenters. The fourth-order valence-corrected chi connectivity index (χ4v) is 2.37. The predicted molar refractivity (Wildman–Crippen MR) is 82.5 cm³/mol. The molecule has 2 nitrogen and oxygen atoms in total. The van der Waals surface area contributed by atoms with Crippen molar-refractivity contribution in [3.63, 3.8) is 0 Å². The third-order valence-corrected chi connectivity index (χ3v) is 4.20. The molecule has 0 aliphatic heterocycles. The second kappa shape index (κ2) is 6.37. The van der Waals surface area contributed by atoms with Gasteiger partial charge in [0.05, 0.1) is 7.11 Å². The van der Waals surface area contributed by atoms with Crippen molar-refractivity contribution in [3.8, 4) is 5.75 Å². The van der Waals surface area contributed by atoms with Gasteiger partial charge < -0.3 is 10.5 Å². The van der Waals surface area contributed by atoms with E-state index in [-0.39, 0.29) is 17.6 Å². The zero-order chi connectivity index (χ0) is 14.7. The molecule has 0 aromatic heterocycles. The SMILES string of the molecule is COc1cccc(CC(N)c2ccc(Br)c(C)c2)c1F. The van der Waals surface area contributed by atoms with Gasteiger partial charge in [-0.25, -0.2) is 4.39 Å². The van der Waals surface area contributed by atoms with E-state index >= 15 is 0 Å². The van der Waals surface area contributed by atoms with Gasteiger partial charge in [0.25, 0.3) is 0 Å². The summed E-state index contributed by atoms with van der Waals surface area (Å²) in [5.41, 5.74) is 8.86. The Hall–Kier alpha value is -1.39. The van der Waals surface area contributed by atoms with E-state index in [9.17, 15) is 4.39 Å². The first-order valence-electron chi connectivity index (χ1n) is 6.36. The highest BCUT2D eigenvalue weighted by Crippen LogP contribution is 2.26. The minimum absolute atomic E-state index is 0.247. The van der Waals surface area contributed by atoms with Gasteiger partial charge >= 0.3 is 0 Å². The predicted octanol–water partition coefficient (Wildman–Crippen LogP) is 4.15. The number of aryl methyl sites for hydroxylation is 1. The van der Waals surface area contributed by atoms with Crippen molar-refractivity contribution < 1.29 is 9.13 Å². The van der Waals surface area contributed by atoms with Crippen LogP contribution in [0.2, 0.25) is 0 Å². The van der Waals surface area contributed by atoms with Crippen LogP contribution in [0, 0.1) is 12.7 Å². The Morgan fingerprint density at radius 3 is 2.70 bits per heavy atom. The second-order valence-electron chi connectivity index (χ2n) is 4.75. The summed E-state index contributed by atoms with van der Waals surface area (Å²) in [5.74, 6) is -0.0824. The number of rotatable bonds is 4. The maximum absolute atomic E-state index is 14.1. The maximum atomic E-state index is 14.1. The molecule has 2 N–H and O–H groups in total. The molecule has 20 heavy (non-hydrogen) atoms. The highest BCUT2D eigenvalue weighted by molar-refractivity contribution is 9.10. The summed E-state index contributed by atoms with van der Waals surface area (Å²) in [7, 11) is 1.46. The zero-order valence-electron chi connectivity index (χ0n) is 11.5. The third kappa shape index (κ3) is 3.19. The molecule has 0 bridgehead atoms. The zero-order valence-corrected chi connectivity index (χ0v) is 13.1. The van der Waals surface area contributed by atoms with Crippen LogP contribution in [0.3, 0.4) is 0 Å². The Kier molecular flexibility index (Phi) is 4.78. The average Bonchev–Trinajstić information content (AvgIpc) is 2.44. The average molecular weight is 338 g/mol. The number of halogens is 2. The smallest absolute Gasteiger partial charge is 0.168 e. The molecule has 2 aromatic rings. The van der Waals surface area contributed by atoms with Crippen molar-refractivity contribution in [1.82, 2.24) is 0 Å². The van der Waals surface area contributed by atoms with Crippen LogP contribution < -0.4 is 10.5 Å². The van der Waals surface area contributed by atoms with Gasteiger partial charge in [-0.1, -0.05) is 40.2 Å². The van der Waals surface area contributed by atoms with Gasteiger partial charge in [-0.3, -0.25) is 0 Å². The van der Waals surface area contributed by atoms with Crippen molar-refractivity contribution >= 4 is 15.9 Å². The van der Waals surface area contributed by atoms with Gasteiger partial charge in [-0.2, -0.15) is 0 Å². The molecule has 1 atom stereocenters. The van der Waals surface area contributed by atoms with Crippen LogP contribution in [0.1, 0.15) is 22.7 Å². The molecule has 4 heteroatoms. The highest BCUT2D eigenvalue weighted by atomic mass is 79.9. The quantitative estimate of drug-likeness (QED) is 0.909. The molecule has 106 valence electrons. The summed E-state index contributed by atoms with van der Waals surface area (Å²) < 4.78 is 20.1. The standard InChI is InChI=1S/C16H17BrFNO/c1-10-8-11(6-7-13(10)17)14(19)9-12-4-3-5-15(20-2)16(12)18/h3-8,14H,9,19H2,1-2H3. The van der Waals surface area contributed by atoms with Gasteiger partial charge in [0.15, 0.2) is 11.6 Å². The Morgan fingerprint density at radius 1 is 1.30 bits per heavy atom. The normalized spacial score (nSPS) is 12.2. The molecule has 0 aliphatic carbocycles. The lowest BCUT2D eigenvalue weighted by atomic mass is 9.98. The van der Waals surface area contributed by atoms with Crippen LogP contribution >= 0.6 is 15.9 Å². The molecular formula is C16H17BrFNO. The fraction of sp³-hybridized carbons (Fsp3) is 0.250. The largest absolute Gasteiger partial charge is 0.494 e. The molecule has 0 saturated heterocycles. The second-order valence-corrected chi connectivity index (χ2v) is 5.61. The summed E-state index contributed by atoms with van der Waals surface area (Å²) >= 11 is 3.46. The fourth-order valence-electron chi connectivity index (χ4n) is 2.12. The third-order valence-electron chi connectivity index (χ3n) is 3.31. The lowest BCUT2D eigenvalue weighted by molar-refractivity contribution is 0.383. The summed E-state index contributed by atoms with van der Waals surface area (Å²) in [6.07, 6.45) is 0.435. The van der Waals surface area contributed by atoms with E-state index in [2.05, 4.69) is 15.9 Å². The summed E-state index contributed by atoms with van der Waals surface area (Å²) in [5, 5.41) is 0. The van der Waals surface area contributed by atoms with Gasteiger partial charge in [0.1, 0.15) is 0 Å². The highest BCUT2D eigenvalue weighted by Gasteiger charge is 2.14. The number of ether oxygens (including phenoxy) is 1. The first-order valence-corrected chi connectivity index (χ1v) is 7.15. The molecular weight excluding hydrogens is 321 g/mol. The minimum atomic E-state index is -0.334. The van der Waals surface area contributed by atoms with Gasteiger partial charge in [-0.15, -0.1) is 0 Å². The molecule has 0 heterocycles. The van der Waals surface area contributed by atoms with E-state index in [4.69, 9.17) is 10.5 Å². The topological polar surface area (TPSA) is 35.2 Å². The molecule has 2 rings (SSSR count). The molecule has 0 fully saturated rings. The summed E-state index contributed by atoms with van der Waals surface area (Å²) in [6, 6.07) is 10.8. The van der Waals surface area contributed by atoms with Gasteiger partial charge in [-0.05, 0) is 42.2 Å². The Labute approximate surface area is 126 Å². The van der Waals surface area contributed by atoms with Crippen molar-refractivity contribution in [3.05, 3.63) is 63.4 Å². The van der Waals surface area contributed by atoms with Gasteiger partial charge in [0.2, 0.25) is 0 Å². The number of hydrogen-bond acceptors (Lipinski definition) is 2. The molecule has 0 aliphatic rings. The van der Waals surface area contributed by atoms with Crippen molar-refractivity contribution in [2.24, 2.45) is 5.73 Å². The molecule has 2 aromatic carbocycles. The van der Waals surface area contributed by atoms with E-state index in [1.54, 1.807) is 18.2 Å².